The van der Waals surface area contributed by atoms with Gasteiger partial charge in [0.05, 0.1) is 13.2 Å². The number of carbonyl (C=O) groups is 1. The van der Waals surface area contributed by atoms with E-state index in [1.54, 1.807) is 0 Å². The molecule has 6 nitrogen and oxygen atoms in total. The van der Waals surface area contributed by atoms with Gasteiger partial charge in [0, 0.05) is 30.6 Å². The summed E-state index contributed by atoms with van der Waals surface area (Å²) in [5.41, 5.74) is 2.34. The second-order valence-corrected chi connectivity index (χ2v) is 5.99. The van der Waals surface area contributed by atoms with Gasteiger partial charge in [-0.25, -0.2) is 4.98 Å². The van der Waals surface area contributed by atoms with Crippen molar-refractivity contribution in [2.45, 2.75) is 31.2 Å². The third-order valence-electron chi connectivity index (χ3n) is 4.04. The molecular formula is C16H20ClN3O3. The molecule has 2 N–H and O–H groups in total. The molecule has 2 aromatic rings. The fourth-order valence-corrected chi connectivity index (χ4v) is 2.71. The molecule has 2 heterocycles. The summed E-state index contributed by atoms with van der Waals surface area (Å²) in [5.74, 6) is 1.29. The topological polar surface area (TPSA) is 76.4 Å². The average molecular weight is 338 g/mol. The minimum absolute atomic E-state index is 0. The van der Waals surface area contributed by atoms with Gasteiger partial charge < -0.3 is 19.8 Å². The highest BCUT2D eigenvalue weighted by Crippen LogP contribution is 2.40. The Morgan fingerprint density at radius 3 is 3.00 bits per heavy atom. The van der Waals surface area contributed by atoms with E-state index in [0.29, 0.717) is 25.6 Å². The molecule has 1 saturated heterocycles. The number of benzene rings is 1. The Bertz CT molecular complexity index is 693. The Labute approximate surface area is 140 Å². The molecule has 23 heavy (non-hydrogen) atoms. The molecule has 1 atom stereocenters. The van der Waals surface area contributed by atoms with Crippen molar-refractivity contribution in [1.82, 2.24) is 10.3 Å². The molecule has 0 radical (unpaired) electrons. The van der Waals surface area contributed by atoms with Gasteiger partial charge in [-0.05, 0) is 31.0 Å². The number of hydrogen-bond donors (Lipinski definition) is 2. The number of anilines is 1. The van der Waals surface area contributed by atoms with E-state index < -0.39 is 0 Å². The van der Waals surface area contributed by atoms with E-state index in [-0.39, 0.29) is 24.4 Å². The van der Waals surface area contributed by atoms with Crippen LogP contribution in [0.1, 0.15) is 31.1 Å². The number of morpholine rings is 1. The van der Waals surface area contributed by atoms with Gasteiger partial charge in [-0.1, -0.05) is 0 Å². The van der Waals surface area contributed by atoms with Crippen LogP contribution in [0.5, 0.6) is 0 Å². The second-order valence-electron chi connectivity index (χ2n) is 5.99. The van der Waals surface area contributed by atoms with Crippen LogP contribution in [0.15, 0.2) is 22.6 Å². The van der Waals surface area contributed by atoms with Crippen LogP contribution >= 0.6 is 12.4 Å². The standard InChI is InChI=1S/C16H19N3O3.ClH/c20-15(8-12-9-21-6-5-17-12)18-11-3-4-14-13(7-11)19-16(22-14)10-1-2-10;/h3-4,7,10,12,17H,1-2,5-6,8-9H2,(H,18,20);1H. The molecule has 2 aliphatic rings. The van der Waals surface area contributed by atoms with Gasteiger partial charge in [0.15, 0.2) is 11.5 Å². The molecule has 1 saturated carbocycles. The molecule has 7 heteroatoms. The van der Waals surface area contributed by atoms with Crippen molar-refractivity contribution in [3.8, 4) is 0 Å². The first-order valence-corrected chi connectivity index (χ1v) is 7.79. The zero-order valence-corrected chi connectivity index (χ0v) is 13.5. The molecular weight excluding hydrogens is 318 g/mol. The number of halogens is 1. The number of carbonyl (C=O) groups excluding carboxylic acids is 1. The van der Waals surface area contributed by atoms with Gasteiger partial charge in [0.2, 0.25) is 5.91 Å². The lowest BCUT2D eigenvalue weighted by atomic mass is 10.2. The first-order valence-electron chi connectivity index (χ1n) is 7.79. The van der Waals surface area contributed by atoms with Crippen LogP contribution in [0, 0.1) is 0 Å². The van der Waals surface area contributed by atoms with Gasteiger partial charge in [-0.15, -0.1) is 12.4 Å². The molecule has 4 rings (SSSR count). The molecule has 1 aromatic heterocycles. The van der Waals surface area contributed by atoms with E-state index in [9.17, 15) is 4.79 Å². The first-order chi connectivity index (χ1) is 10.8. The summed E-state index contributed by atoms with van der Waals surface area (Å²) < 4.78 is 11.1. The highest BCUT2D eigenvalue weighted by molar-refractivity contribution is 5.93. The van der Waals surface area contributed by atoms with Crippen LogP contribution in [-0.2, 0) is 9.53 Å². The Balaban J connectivity index is 0.00000156. The number of fused-ring (bicyclic) bond motifs is 1. The van der Waals surface area contributed by atoms with Crippen molar-refractivity contribution in [2.75, 3.05) is 25.1 Å². The van der Waals surface area contributed by atoms with Gasteiger partial charge in [-0.3, -0.25) is 4.79 Å². The summed E-state index contributed by atoms with van der Waals surface area (Å²) in [6, 6.07) is 5.68. The molecule has 2 fully saturated rings. The monoisotopic (exact) mass is 337 g/mol. The van der Waals surface area contributed by atoms with E-state index >= 15 is 0 Å². The SMILES string of the molecule is Cl.O=C(CC1COCCN1)Nc1ccc2oc(C3CC3)nc2c1. The second kappa shape index (κ2) is 6.86. The number of oxazole rings is 1. The zero-order chi connectivity index (χ0) is 14.9. The number of amides is 1. The molecule has 0 bridgehead atoms. The van der Waals surface area contributed by atoms with Crippen LogP contribution in [0.25, 0.3) is 11.1 Å². The van der Waals surface area contributed by atoms with E-state index in [1.807, 2.05) is 18.2 Å². The summed E-state index contributed by atoms with van der Waals surface area (Å²) in [4.78, 5) is 16.6. The molecule has 1 aromatic carbocycles. The maximum atomic E-state index is 12.1. The molecule has 1 aliphatic heterocycles. The number of aromatic nitrogens is 1. The van der Waals surface area contributed by atoms with Gasteiger partial charge >= 0.3 is 0 Å². The third kappa shape index (κ3) is 3.83. The lowest BCUT2D eigenvalue weighted by Gasteiger charge is -2.23. The minimum Gasteiger partial charge on any atom is -0.440 e. The van der Waals surface area contributed by atoms with Crippen LogP contribution in [0.2, 0.25) is 0 Å². The van der Waals surface area contributed by atoms with Crippen LogP contribution < -0.4 is 10.6 Å². The van der Waals surface area contributed by atoms with Crippen molar-refractivity contribution in [2.24, 2.45) is 0 Å². The van der Waals surface area contributed by atoms with Crippen molar-refractivity contribution in [3.63, 3.8) is 0 Å². The summed E-state index contributed by atoms with van der Waals surface area (Å²) in [5, 5.41) is 6.19. The normalized spacial score (nSPS) is 21.0. The van der Waals surface area contributed by atoms with Gasteiger partial charge in [0.1, 0.15) is 5.52 Å². The maximum absolute atomic E-state index is 12.1. The van der Waals surface area contributed by atoms with Crippen molar-refractivity contribution in [3.05, 3.63) is 24.1 Å². The highest BCUT2D eigenvalue weighted by atomic mass is 35.5. The highest BCUT2D eigenvalue weighted by Gasteiger charge is 2.28. The largest absolute Gasteiger partial charge is 0.440 e. The van der Waals surface area contributed by atoms with Crippen molar-refractivity contribution in [1.29, 1.82) is 0 Å². The summed E-state index contributed by atoms with van der Waals surface area (Å²) in [6.07, 6.45) is 2.73. The van der Waals surface area contributed by atoms with E-state index in [4.69, 9.17) is 9.15 Å². The van der Waals surface area contributed by atoms with Crippen LogP contribution in [0.3, 0.4) is 0 Å². The lowest BCUT2D eigenvalue weighted by Crippen LogP contribution is -2.43. The lowest BCUT2D eigenvalue weighted by molar-refractivity contribution is -0.117. The number of nitrogens with one attached hydrogen (secondary N) is 2. The Morgan fingerprint density at radius 1 is 1.39 bits per heavy atom. The average Bonchev–Trinajstić information content (AvgIpc) is 3.28. The zero-order valence-electron chi connectivity index (χ0n) is 12.7. The first kappa shape index (κ1) is 16.2. The van der Waals surface area contributed by atoms with E-state index in [0.717, 1.165) is 42.1 Å². The molecule has 1 unspecified atom stereocenters. The fraction of sp³-hybridized carbons (Fsp3) is 0.500. The number of ether oxygens (including phenoxy) is 1. The molecule has 124 valence electrons. The summed E-state index contributed by atoms with van der Waals surface area (Å²) >= 11 is 0. The summed E-state index contributed by atoms with van der Waals surface area (Å²) in [6.45, 7) is 2.09. The molecule has 0 spiro atoms. The maximum Gasteiger partial charge on any atom is 0.226 e. The van der Waals surface area contributed by atoms with Crippen LogP contribution in [0.4, 0.5) is 5.69 Å². The summed E-state index contributed by atoms with van der Waals surface area (Å²) in [7, 11) is 0. The predicted octanol–water partition coefficient (Wildman–Crippen LogP) is 2.44. The Morgan fingerprint density at radius 2 is 2.26 bits per heavy atom. The van der Waals surface area contributed by atoms with Gasteiger partial charge in [0.25, 0.3) is 0 Å². The fourth-order valence-electron chi connectivity index (χ4n) is 2.71. The van der Waals surface area contributed by atoms with Crippen LogP contribution in [-0.4, -0.2) is 36.7 Å². The van der Waals surface area contributed by atoms with Crippen molar-refractivity contribution >= 4 is 35.1 Å². The number of rotatable bonds is 4. The smallest absolute Gasteiger partial charge is 0.226 e. The molecule has 1 amide bonds. The van der Waals surface area contributed by atoms with E-state index in [1.165, 1.54) is 0 Å². The van der Waals surface area contributed by atoms with Gasteiger partial charge in [-0.2, -0.15) is 0 Å². The Kier molecular flexibility index (Phi) is 4.84. The number of hydrogen-bond acceptors (Lipinski definition) is 5. The predicted molar refractivity (Wildman–Crippen MR) is 89.1 cm³/mol. The third-order valence-corrected chi connectivity index (χ3v) is 4.04. The Hall–Kier alpha value is -1.63. The molecule has 1 aliphatic carbocycles. The number of nitrogens with zero attached hydrogens (tertiary/aromatic N) is 1. The van der Waals surface area contributed by atoms with E-state index in [2.05, 4.69) is 15.6 Å². The van der Waals surface area contributed by atoms with Crippen molar-refractivity contribution < 1.29 is 13.9 Å². The quantitative estimate of drug-likeness (QED) is 0.896. The minimum atomic E-state index is -0.0201.